The number of hydrogen-bond donors (Lipinski definition) is 3. The summed E-state index contributed by atoms with van der Waals surface area (Å²) < 4.78 is 0. The van der Waals surface area contributed by atoms with Gasteiger partial charge in [0.05, 0.1) is 0 Å². The van der Waals surface area contributed by atoms with Crippen molar-refractivity contribution in [1.82, 2.24) is 0 Å². The average Bonchev–Trinajstić information content (AvgIpc) is 1.97. The third-order valence-corrected chi connectivity index (χ3v) is 1.87. The predicted molar refractivity (Wildman–Crippen MR) is 48.8 cm³/mol. The Morgan fingerprint density at radius 1 is 1.09 bits per heavy atom. The van der Waals surface area contributed by atoms with Gasteiger partial charge in [-0.2, -0.15) is 0 Å². The van der Waals surface area contributed by atoms with E-state index < -0.39 is 0 Å². The smallest absolute Gasteiger partial charge is 0.0192 e. The maximum atomic E-state index is 5.65. The third kappa shape index (κ3) is 5.18. The highest BCUT2D eigenvalue weighted by atomic mass is 14.8. The van der Waals surface area contributed by atoms with Gasteiger partial charge in [0.25, 0.3) is 0 Å². The first-order valence-corrected chi connectivity index (χ1v) is 4.22. The molecule has 2 unspecified atom stereocenters. The lowest BCUT2D eigenvalue weighted by Gasteiger charge is -2.24. The molecule has 0 aromatic carbocycles. The fraction of sp³-hybridized carbons (Fsp3) is 0.875. The molecule has 0 bridgehead atoms. The normalized spacial score (nSPS) is 30.5. The Hall–Kier alpha value is -0.120. The lowest BCUT2D eigenvalue weighted by Crippen LogP contribution is -2.43. The van der Waals surface area contributed by atoms with Crippen molar-refractivity contribution in [2.75, 3.05) is 6.54 Å². The van der Waals surface area contributed by atoms with Crippen molar-refractivity contribution in [1.29, 1.82) is 0 Å². The third-order valence-electron chi connectivity index (χ3n) is 1.87. The van der Waals surface area contributed by atoms with E-state index in [1.54, 1.807) is 0 Å². The summed E-state index contributed by atoms with van der Waals surface area (Å²) in [6.45, 7) is 3.76. The van der Waals surface area contributed by atoms with Gasteiger partial charge < -0.3 is 17.2 Å². The van der Waals surface area contributed by atoms with Crippen molar-refractivity contribution in [3.05, 3.63) is 6.92 Å². The van der Waals surface area contributed by atoms with Crippen LogP contribution >= 0.6 is 0 Å². The summed E-state index contributed by atoms with van der Waals surface area (Å²) in [6, 6.07) is 0.562. The zero-order chi connectivity index (χ0) is 8.69. The minimum absolute atomic E-state index is 0.281. The molecule has 0 aromatic rings. The number of nitrogens with two attached hydrogens (primary N) is 3. The Morgan fingerprint density at radius 3 is 1.55 bits per heavy atom. The van der Waals surface area contributed by atoms with Crippen LogP contribution in [0.2, 0.25) is 0 Å². The van der Waals surface area contributed by atoms with E-state index in [0.717, 1.165) is 12.8 Å². The summed E-state index contributed by atoms with van der Waals surface area (Å²) >= 11 is 0. The van der Waals surface area contributed by atoms with Gasteiger partial charge in [-0.3, -0.25) is 0 Å². The molecule has 3 nitrogen and oxygen atoms in total. The summed E-state index contributed by atoms with van der Waals surface area (Å²) in [5.41, 5.74) is 16.0. The minimum atomic E-state index is 0.281. The molecule has 0 spiro atoms. The van der Waals surface area contributed by atoms with E-state index in [1.807, 2.05) is 0 Å². The van der Waals surface area contributed by atoms with Crippen LogP contribution in [0.5, 0.6) is 0 Å². The molecule has 1 fully saturated rings. The largest absolute Gasteiger partial charge is 0.330 e. The highest BCUT2D eigenvalue weighted by molar-refractivity contribution is 4.79. The first-order chi connectivity index (χ1) is 5.22. The second-order valence-electron chi connectivity index (χ2n) is 2.90. The van der Waals surface area contributed by atoms with Crippen molar-refractivity contribution < 1.29 is 0 Å². The van der Waals surface area contributed by atoms with Crippen LogP contribution in [0, 0.1) is 6.92 Å². The van der Waals surface area contributed by atoms with Gasteiger partial charge in [0.2, 0.25) is 0 Å². The molecule has 1 aliphatic rings. The molecule has 1 rings (SSSR count). The van der Waals surface area contributed by atoms with Gasteiger partial charge >= 0.3 is 0 Å². The standard InChI is InChI=1S/C6H14N2.C2H6N/c7-5-3-1-2-4-6(5)8;1-2-3/h5-6H,1-4,7-8H2;1-3H2. The first-order valence-electron chi connectivity index (χ1n) is 4.22. The van der Waals surface area contributed by atoms with Crippen LogP contribution in [-0.2, 0) is 0 Å². The number of hydrogen-bond acceptors (Lipinski definition) is 3. The molecule has 11 heavy (non-hydrogen) atoms. The van der Waals surface area contributed by atoms with Gasteiger partial charge in [-0.05, 0) is 26.3 Å². The zero-order valence-electron chi connectivity index (χ0n) is 7.13. The molecule has 2 atom stereocenters. The molecule has 0 aliphatic heterocycles. The Kier molecular flexibility index (Phi) is 6.51. The first kappa shape index (κ1) is 10.9. The topological polar surface area (TPSA) is 78.1 Å². The van der Waals surface area contributed by atoms with Crippen molar-refractivity contribution in [3.63, 3.8) is 0 Å². The van der Waals surface area contributed by atoms with Crippen molar-refractivity contribution >= 4 is 0 Å². The second kappa shape index (κ2) is 6.58. The molecule has 1 saturated carbocycles. The fourth-order valence-electron chi connectivity index (χ4n) is 1.19. The van der Waals surface area contributed by atoms with E-state index in [-0.39, 0.29) is 12.1 Å². The Labute approximate surface area is 69.3 Å². The van der Waals surface area contributed by atoms with Crippen LogP contribution in [0.15, 0.2) is 0 Å². The number of rotatable bonds is 0. The van der Waals surface area contributed by atoms with Crippen molar-refractivity contribution in [2.45, 2.75) is 37.8 Å². The van der Waals surface area contributed by atoms with E-state index in [9.17, 15) is 0 Å². The van der Waals surface area contributed by atoms with Crippen LogP contribution in [0.4, 0.5) is 0 Å². The molecular weight excluding hydrogens is 138 g/mol. The molecule has 0 heterocycles. The maximum Gasteiger partial charge on any atom is 0.0192 e. The molecular formula is C8H20N3. The lowest BCUT2D eigenvalue weighted by atomic mass is 9.92. The highest BCUT2D eigenvalue weighted by Crippen LogP contribution is 2.14. The monoisotopic (exact) mass is 158 g/mol. The summed E-state index contributed by atoms with van der Waals surface area (Å²) in [7, 11) is 0. The van der Waals surface area contributed by atoms with Crippen LogP contribution in [0.1, 0.15) is 25.7 Å². The Morgan fingerprint density at radius 2 is 1.36 bits per heavy atom. The van der Waals surface area contributed by atoms with Gasteiger partial charge in [-0.1, -0.05) is 12.8 Å². The zero-order valence-corrected chi connectivity index (χ0v) is 7.13. The Balaban J connectivity index is 0.000000292. The van der Waals surface area contributed by atoms with E-state index in [4.69, 9.17) is 17.2 Å². The van der Waals surface area contributed by atoms with Gasteiger partial charge in [0, 0.05) is 12.1 Å². The summed E-state index contributed by atoms with van der Waals surface area (Å²) in [6.07, 6.45) is 4.80. The highest BCUT2D eigenvalue weighted by Gasteiger charge is 2.16. The maximum absolute atomic E-state index is 5.65. The molecule has 3 heteroatoms. The second-order valence-corrected chi connectivity index (χ2v) is 2.90. The molecule has 67 valence electrons. The summed E-state index contributed by atoms with van der Waals surface area (Å²) in [4.78, 5) is 0. The van der Waals surface area contributed by atoms with E-state index in [0.29, 0.717) is 6.54 Å². The lowest BCUT2D eigenvalue weighted by molar-refractivity contribution is 0.385. The molecule has 1 aliphatic carbocycles. The van der Waals surface area contributed by atoms with Gasteiger partial charge in [-0.15, -0.1) is 0 Å². The van der Waals surface area contributed by atoms with Gasteiger partial charge in [0.15, 0.2) is 0 Å². The van der Waals surface area contributed by atoms with Crippen LogP contribution < -0.4 is 17.2 Å². The molecule has 0 aromatic heterocycles. The van der Waals surface area contributed by atoms with Crippen LogP contribution in [0.3, 0.4) is 0 Å². The quantitative estimate of drug-likeness (QED) is 0.464. The van der Waals surface area contributed by atoms with Crippen LogP contribution in [0.25, 0.3) is 0 Å². The van der Waals surface area contributed by atoms with E-state index in [1.165, 1.54) is 12.8 Å². The SMILES string of the molecule is NC1CCCCC1N.[CH2]CN. The fourth-order valence-corrected chi connectivity index (χ4v) is 1.19. The van der Waals surface area contributed by atoms with E-state index in [2.05, 4.69) is 6.92 Å². The van der Waals surface area contributed by atoms with Gasteiger partial charge in [-0.25, -0.2) is 0 Å². The Bertz CT molecular complexity index is 75.4. The minimum Gasteiger partial charge on any atom is -0.330 e. The molecule has 1 radical (unpaired) electrons. The van der Waals surface area contributed by atoms with Gasteiger partial charge in [0.1, 0.15) is 0 Å². The predicted octanol–water partition coefficient (Wildman–Crippen LogP) is -0.00581. The molecule has 6 N–H and O–H groups in total. The van der Waals surface area contributed by atoms with E-state index >= 15 is 0 Å². The summed E-state index contributed by atoms with van der Waals surface area (Å²) in [5.74, 6) is 0. The molecule has 0 saturated heterocycles. The molecule has 0 amide bonds. The summed E-state index contributed by atoms with van der Waals surface area (Å²) in [5, 5.41) is 0. The van der Waals surface area contributed by atoms with Crippen LogP contribution in [-0.4, -0.2) is 18.6 Å². The average molecular weight is 158 g/mol. The van der Waals surface area contributed by atoms with Crippen molar-refractivity contribution in [2.24, 2.45) is 17.2 Å². The van der Waals surface area contributed by atoms with Crippen molar-refractivity contribution in [3.8, 4) is 0 Å².